The quantitative estimate of drug-likeness (QED) is 0.657. The average Bonchev–Trinajstić information content (AvgIpc) is 2.41. The van der Waals surface area contributed by atoms with Crippen LogP contribution in [0, 0.1) is 11.8 Å². The molecule has 2 aliphatic rings. The van der Waals surface area contributed by atoms with E-state index < -0.39 is 0 Å². The average molecular weight is 180 g/mol. The molecule has 2 rings (SSSR count). The van der Waals surface area contributed by atoms with Crippen molar-refractivity contribution in [3.8, 4) is 0 Å². The molecule has 2 nitrogen and oxygen atoms in total. The third-order valence-corrected chi connectivity index (χ3v) is 3.37. The zero-order valence-electron chi connectivity index (χ0n) is 8.50. The summed E-state index contributed by atoms with van der Waals surface area (Å²) < 4.78 is 0. The molecule has 0 saturated carbocycles. The maximum absolute atomic E-state index is 3.48. The van der Waals surface area contributed by atoms with Crippen LogP contribution in [-0.2, 0) is 0 Å². The molecule has 0 bridgehead atoms. The van der Waals surface area contributed by atoms with E-state index >= 15 is 0 Å². The maximum Gasteiger partial charge on any atom is 0.0206 e. The lowest BCUT2D eigenvalue weighted by atomic mass is 9.85. The molecule has 2 heteroatoms. The van der Waals surface area contributed by atoms with Crippen LogP contribution in [0.25, 0.3) is 0 Å². The van der Waals surface area contributed by atoms with Gasteiger partial charge in [0.25, 0.3) is 0 Å². The van der Waals surface area contributed by atoms with E-state index in [9.17, 15) is 0 Å². The highest BCUT2D eigenvalue weighted by Gasteiger charge is 2.25. The lowest BCUT2D eigenvalue weighted by Gasteiger charge is -2.33. The van der Waals surface area contributed by atoms with E-state index in [-0.39, 0.29) is 0 Å². The van der Waals surface area contributed by atoms with E-state index in [0.29, 0.717) is 0 Å². The van der Waals surface area contributed by atoms with Crippen LogP contribution in [0.3, 0.4) is 0 Å². The fraction of sp³-hybridized carbons (Fsp3) is 0.818. The number of hydrogen-bond acceptors (Lipinski definition) is 2. The van der Waals surface area contributed by atoms with Crippen LogP contribution in [0.5, 0.6) is 0 Å². The molecule has 74 valence electrons. The molecule has 1 saturated heterocycles. The molecule has 2 atom stereocenters. The number of hydrogen-bond donors (Lipinski definition) is 1. The molecule has 1 N–H and O–H groups in total. The van der Waals surface area contributed by atoms with Gasteiger partial charge in [-0.2, -0.15) is 0 Å². The fourth-order valence-corrected chi connectivity index (χ4v) is 2.44. The predicted molar refractivity (Wildman–Crippen MR) is 55.5 cm³/mol. The molecular weight excluding hydrogens is 160 g/mol. The number of fused-ring (bicyclic) bond motifs is 1. The van der Waals surface area contributed by atoms with E-state index in [0.717, 1.165) is 18.4 Å². The number of rotatable bonds is 1. The summed E-state index contributed by atoms with van der Waals surface area (Å²) in [5, 5.41) is 3.48. The van der Waals surface area contributed by atoms with Crippen molar-refractivity contribution in [3.05, 3.63) is 12.3 Å². The van der Waals surface area contributed by atoms with Gasteiger partial charge in [0.2, 0.25) is 0 Å². The number of nitrogens with zero attached hydrogens (tertiary/aromatic N) is 1. The summed E-state index contributed by atoms with van der Waals surface area (Å²) in [5.41, 5.74) is 0. The van der Waals surface area contributed by atoms with Crippen LogP contribution in [0.2, 0.25) is 0 Å². The van der Waals surface area contributed by atoms with Gasteiger partial charge in [-0.15, -0.1) is 0 Å². The summed E-state index contributed by atoms with van der Waals surface area (Å²) in [6, 6.07) is 0. The lowest BCUT2D eigenvalue weighted by Crippen LogP contribution is -2.32. The molecule has 0 amide bonds. The van der Waals surface area contributed by atoms with E-state index in [1.165, 1.54) is 32.5 Å². The Morgan fingerprint density at radius 2 is 2.23 bits per heavy atom. The van der Waals surface area contributed by atoms with Gasteiger partial charge in [-0.3, -0.25) is 0 Å². The minimum Gasteiger partial charge on any atom is -0.378 e. The van der Waals surface area contributed by atoms with Crippen LogP contribution in [-0.4, -0.2) is 31.1 Å². The summed E-state index contributed by atoms with van der Waals surface area (Å²) in [7, 11) is 0. The Balaban J connectivity index is 2.01. The van der Waals surface area contributed by atoms with Crippen molar-refractivity contribution in [1.82, 2.24) is 10.2 Å². The second kappa shape index (κ2) is 4.14. The van der Waals surface area contributed by atoms with Gasteiger partial charge in [-0.05, 0) is 50.9 Å². The van der Waals surface area contributed by atoms with E-state index in [1.54, 1.807) is 0 Å². The van der Waals surface area contributed by atoms with E-state index in [1.807, 2.05) is 0 Å². The van der Waals surface area contributed by atoms with Gasteiger partial charge in [-0.25, -0.2) is 0 Å². The minimum atomic E-state index is 0.845. The first kappa shape index (κ1) is 9.07. The Morgan fingerprint density at radius 1 is 1.38 bits per heavy atom. The van der Waals surface area contributed by atoms with Gasteiger partial charge in [0.05, 0.1) is 0 Å². The summed E-state index contributed by atoms with van der Waals surface area (Å²) >= 11 is 0. The van der Waals surface area contributed by atoms with Crippen LogP contribution >= 0.6 is 0 Å². The summed E-state index contributed by atoms with van der Waals surface area (Å²) in [4.78, 5) is 2.44. The summed E-state index contributed by atoms with van der Waals surface area (Å²) in [6.45, 7) is 7.09. The van der Waals surface area contributed by atoms with Crippen molar-refractivity contribution >= 4 is 0 Å². The number of allylic oxidation sites excluding steroid dienone is 1. The van der Waals surface area contributed by atoms with Crippen LogP contribution < -0.4 is 5.32 Å². The largest absolute Gasteiger partial charge is 0.378 e. The van der Waals surface area contributed by atoms with Crippen LogP contribution in [0.1, 0.15) is 19.8 Å². The first-order chi connectivity index (χ1) is 6.40. The van der Waals surface area contributed by atoms with Crippen LogP contribution in [0.15, 0.2) is 12.3 Å². The molecule has 2 aliphatic heterocycles. The standard InChI is InChI=1S/C11H20N2/c1-2-13-8-5-10-3-6-12-7-4-11(10)9-13/h5,8,10-12H,2-4,6-7,9H2,1H3. The Kier molecular flexibility index (Phi) is 2.89. The first-order valence-electron chi connectivity index (χ1n) is 5.53. The Labute approximate surface area is 81.0 Å². The van der Waals surface area contributed by atoms with Gasteiger partial charge in [0, 0.05) is 13.1 Å². The predicted octanol–water partition coefficient (Wildman–Crippen LogP) is 1.45. The van der Waals surface area contributed by atoms with E-state index in [4.69, 9.17) is 0 Å². The maximum atomic E-state index is 3.48. The summed E-state index contributed by atoms with van der Waals surface area (Å²) in [6.07, 6.45) is 7.40. The molecule has 2 unspecified atom stereocenters. The highest BCUT2D eigenvalue weighted by atomic mass is 15.1. The van der Waals surface area contributed by atoms with Crippen molar-refractivity contribution in [1.29, 1.82) is 0 Å². The monoisotopic (exact) mass is 180 g/mol. The van der Waals surface area contributed by atoms with Crippen molar-refractivity contribution in [2.24, 2.45) is 11.8 Å². The van der Waals surface area contributed by atoms with Crippen molar-refractivity contribution < 1.29 is 0 Å². The van der Waals surface area contributed by atoms with E-state index in [2.05, 4.69) is 29.4 Å². The molecule has 0 aliphatic carbocycles. The number of nitrogens with one attached hydrogen (secondary N) is 1. The van der Waals surface area contributed by atoms with Gasteiger partial charge in [-0.1, -0.05) is 6.08 Å². The Bertz CT molecular complexity index is 189. The minimum absolute atomic E-state index is 0.845. The second-order valence-electron chi connectivity index (χ2n) is 4.18. The third kappa shape index (κ3) is 2.05. The Hall–Kier alpha value is -0.500. The molecule has 0 aromatic carbocycles. The Morgan fingerprint density at radius 3 is 3.08 bits per heavy atom. The van der Waals surface area contributed by atoms with Gasteiger partial charge in [0.1, 0.15) is 0 Å². The smallest absolute Gasteiger partial charge is 0.0206 e. The van der Waals surface area contributed by atoms with Gasteiger partial charge >= 0.3 is 0 Å². The summed E-state index contributed by atoms with van der Waals surface area (Å²) in [5.74, 6) is 1.75. The molecule has 0 radical (unpaired) electrons. The zero-order chi connectivity index (χ0) is 9.10. The topological polar surface area (TPSA) is 15.3 Å². The molecular formula is C11H20N2. The third-order valence-electron chi connectivity index (χ3n) is 3.37. The SMILES string of the molecule is CCN1C=CC2CCNCCC2C1. The van der Waals surface area contributed by atoms with Crippen molar-refractivity contribution in [2.45, 2.75) is 19.8 Å². The second-order valence-corrected chi connectivity index (χ2v) is 4.18. The van der Waals surface area contributed by atoms with Crippen molar-refractivity contribution in [3.63, 3.8) is 0 Å². The normalized spacial score (nSPS) is 34.1. The first-order valence-corrected chi connectivity index (χ1v) is 5.53. The van der Waals surface area contributed by atoms with Gasteiger partial charge < -0.3 is 10.2 Å². The molecule has 2 heterocycles. The highest BCUT2D eigenvalue weighted by Crippen LogP contribution is 2.27. The molecule has 1 fully saturated rings. The fourth-order valence-electron chi connectivity index (χ4n) is 2.44. The van der Waals surface area contributed by atoms with Crippen LogP contribution in [0.4, 0.5) is 0 Å². The zero-order valence-corrected chi connectivity index (χ0v) is 8.50. The molecule has 0 aromatic rings. The molecule has 13 heavy (non-hydrogen) atoms. The molecule has 0 spiro atoms. The highest BCUT2D eigenvalue weighted by molar-refractivity contribution is 4.99. The van der Waals surface area contributed by atoms with Crippen molar-refractivity contribution in [2.75, 3.05) is 26.2 Å². The van der Waals surface area contributed by atoms with Gasteiger partial charge in [0.15, 0.2) is 0 Å². The molecule has 0 aromatic heterocycles. The lowest BCUT2D eigenvalue weighted by molar-refractivity contribution is 0.240.